The molecule has 2 aromatic rings. The average Bonchev–Trinajstić information content (AvgIpc) is 2.95. The molecule has 122 valence electrons. The topological polar surface area (TPSA) is 66.9 Å². The molecule has 1 aliphatic rings. The second-order valence-corrected chi connectivity index (χ2v) is 6.96. The molecule has 23 heavy (non-hydrogen) atoms. The molecule has 6 heteroatoms. The Balaban J connectivity index is 1.59. The minimum absolute atomic E-state index is 0.0689. The number of hydrogen-bond acceptors (Lipinski definition) is 5. The van der Waals surface area contributed by atoms with Gasteiger partial charge in [-0.1, -0.05) is 36.7 Å². The van der Waals surface area contributed by atoms with Crippen LogP contribution in [-0.4, -0.2) is 21.9 Å². The first-order valence-electron chi connectivity index (χ1n) is 8.13. The van der Waals surface area contributed by atoms with E-state index in [1.165, 1.54) is 43.4 Å². The Bertz CT molecular complexity index is 650. The molecule has 3 rings (SSSR count). The minimum atomic E-state index is -0.0689. The molecule has 0 unspecified atom stereocenters. The lowest BCUT2D eigenvalue weighted by molar-refractivity contribution is 0.0954. The maximum Gasteiger partial charge on any atom is 0.263 e. The second-order valence-electron chi connectivity index (χ2n) is 5.96. The Morgan fingerprint density at radius 1 is 1.35 bits per heavy atom. The lowest BCUT2D eigenvalue weighted by atomic mass is 9.96. The summed E-state index contributed by atoms with van der Waals surface area (Å²) in [5.41, 5.74) is 1.78. The Morgan fingerprint density at radius 2 is 2.17 bits per heavy atom. The molecule has 0 aliphatic heterocycles. The monoisotopic (exact) mass is 330 g/mol. The van der Waals surface area contributed by atoms with Gasteiger partial charge in [-0.15, -0.1) is 0 Å². The maximum atomic E-state index is 12.4. The van der Waals surface area contributed by atoms with Gasteiger partial charge in [0, 0.05) is 25.0 Å². The van der Waals surface area contributed by atoms with Gasteiger partial charge in [-0.2, -0.15) is 0 Å². The summed E-state index contributed by atoms with van der Waals surface area (Å²) in [5, 5.41) is 7.29. The van der Waals surface area contributed by atoms with Gasteiger partial charge in [0.1, 0.15) is 4.88 Å². The summed E-state index contributed by atoms with van der Waals surface area (Å²) in [5.74, 6) is -0.0689. The van der Waals surface area contributed by atoms with Crippen molar-refractivity contribution in [2.75, 3.05) is 5.32 Å². The SMILES string of the molecule is Cc1nc(NC2CCCCC2)sc1C(=O)NCc1cccnc1. The second kappa shape index (κ2) is 7.55. The van der Waals surface area contributed by atoms with Crippen molar-refractivity contribution in [2.24, 2.45) is 0 Å². The number of nitrogens with one attached hydrogen (secondary N) is 2. The number of carbonyl (C=O) groups excluding carboxylic acids is 1. The number of rotatable bonds is 5. The molecular weight excluding hydrogens is 308 g/mol. The van der Waals surface area contributed by atoms with Crippen molar-refractivity contribution in [1.82, 2.24) is 15.3 Å². The number of hydrogen-bond donors (Lipinski definition) is 2. The van der Waals surface area contributed by atoms with Crippen molar-refractivity contribution < 1.29 is 4.79 Å². The van der Waals surface area contributed by atoms with Crippen molar-refractivity contribution in [2.45, 2.75) is 51.6 Å². The molecule has 2 heterocycles. The molecule has 2 N–H and O–H groups in total. The zero-order valence-corrected chi connectivity index (χ0v) is 14.2. The van der Waals surface area contributed by atoms with E-state index in [9.17, 15) is 4.79 Å². The summed E-state index contributed by atoms with van der Waals surface area (Å²) in [7, 11) is 0. The van der Waals surface area contributed by atoms with Gasteiger partial charge in [0.15, 0.2) is 5.13 Å². The normalized spacial score (nSPS) is 15.3. The number of thiazole rings is 1. The highest BCUT2D eigenvalue weighted by molar-refractivity contribution is 7.17. The van der Waals surface area contributed by atoms with Gasteiger partial charge in [-0.25, -0.2) is 4.98 Å². The highest BCUT2D eigenvalue weighted by atomic mass is 32.1. The van der Waals surface area contributed by atoms with Crippen molar-refractivity contribution in [3.63, 3.8) is 0 Å². The van der Waals surface area contributed by atoms with E-state index in [0.29, 0.717) is 17.5 Å². The van der Waals surface area contributed by atoms with Crippen molar-refractivity contribution >= 4 is 22.4 Å². The van der Waals surface area contributed by atoms with Crippen LogP contribution < -0.4 is 10.6 Å². The van der Waals surface area contributed by atoms with E-state index < -0.39 is 0 Å². The molecule has 5 nitrogen and oxygen atoms in total. The van der Waals surface area contributed by atoms with Crippen molar-refractivity contribution in [3.05, 3.63) is 40.7 Å². The smallest absolute Gasteiger partial charge is 0.263 e. The quantitative estimate of drug-likeness (QED) is 0.880. The summed E-state index contributed by atoms with van der Waals surface area (Å²) in [6, 6.07) is 4.31. The molecule has 1 amide bonds. The van der Waals surface area contributed by atoms with E-state index in [4.69, 9.17) is 0 Å². The number of anilines is 1. The number of nitrogens with zero attached hydrogens (tertiary/aromatic N) is 2. The third-order valence-electron chi connectivity index (χ3n) is 4.11. The third kappa shape index (κ3) is 4.28. The van der Waals surface area contributed by atoms with E-state index in [1.807, 2.05) is 19.1 Å². The fraction of sp³-hybridized carbons (Fsp3) is 0.471. The molecule has 0 saturated heterocycles. The molecule has 0 spiro atoms. The molecule has 0 atom stereocenters. The van der Waals surface area contributed by atoms with Crippen LogP contribution in [0.2, 0.25) is 0 Å². The van der Waals surface area contributed by atoms with Crippen molar-refractivity contribution in [3.8, 4) is 0 Å². The van der Waals surface area contributed by atoms with Crippen LogP contribution >= 0.6 is 11.3 Å². The summed E-state index contributed by atoms with van der Waals surface area (Å²) in [6.45, 7) is 2.37. The van der Waals surface area contributed by atoms with Gasteiger partial charge >= 0.3 is 0 Å². The number of carbonyl (C=O) groups is 1. The van der Waals surface area contributed by atoms with Crippen molar-refractivity contribution in [1.29, 1.82) is 0 Å². The van der Waals surface area contributed by atoms with Gasteiger partial charge in [0.25, 0.3) is 5.91 Å². The van der Waals surface area contributed by atoms with Crippen LogP contribution in [0, 0.1) is 6.92 Å². The van der Waals surface area contributed by atoms with E-state index in [0.717, 1.165) is 16.4 Å². The number of pyridine rings is 1. The fourth-order valence-electron chi connectivity index (χ4n) is 2.86. The van der Waals surface area contributed by atoms with Crippen LogP contribution in [-0.2, 0) is 6.54 Å². The van der Waals surface area contributed by atoms with E-state index in [2.05, 4.69) is 20.6 Å². The lowest BCUT2D eigenvalue weighted by Gasteiger charge is -2.22. The van der Waals surface area contributed by atoms with E-state index in [-0.39, 0.29) is 5.91 Å². The van der Waals surface area contributed by atoms with Crippen LogP contribution in [0.3, 0.4) is 0 Å². The fourth-order valence-corrected chi connectivity index (χ4v) is 3.82. The highest BCUT2D eigenvalue weighted by Gasteiger charge is 2.18. The lowest BCUT2D eigenvalue weighted by Crippen LogP contribution is -2.22. The zero-order valence-electron chi connectivity index (χ0n) is 13.3. The largest absolute Gasteiger partial charge is 0.359 e. The number of amides is 1. The van der Waals surface area contributed by atoms with Crippen LogP contribution in [0.5, 0.6) is 0 Å². The number of aryl methyl sites for hydroxylation is 1. The predicted octanol–water partition coefficient (Wildman–Crippen LogP) is 3.52. The Kier molecular flexibility index (Phi) is 5.23. The summed E-state index contributed by atoms with van der Waals surface area (Å²) >= 11 is 1.45. The minimum Gasteiger partial charge on any atom is -0.359 e. The van der Waals surface area contributed by atoms with Crippen LogP contribution in [0.15, 0.2) is 24.5 Å². The Morgan fingerprint density at radius 3 is 2.91 bits per heavy atom. The molecule has 0 radical (unpaired) electrons. The molecule has 2 aromatic heterocycles. The summed E-state index contributed by atoms with van der Waals surface area (Å²) in [6.07, 6.45) is 9.76. The third-order valence-corrected chi connectivity index (χ3v) is 5.20. The standard InChI is InChI=1S/C17H22N4OS/c1-12-15(16(22)19-11-13-6-5-9-18-10-13)23-17(20-12)21-14-7-3-2-4-8-14/h5-6,9-10,14H,2-4,7-8,11H2,1H3,(H,19,22)(H,20,21). The molecule has 1 aliphatic carbocycles. The first kappa shape index (κ1) is 15.9. The van der Waals surface area contributed by atoms with Gasteiger partial charge < -0.3 is 10.6 Å². The summed E-state index contributed by atoms with van der Waals surface area (Å²) < 4.78 is 0. The van der Waals surface area contributed by atoms with Crippen LogP contribution in [0.1, 0.15) is 53.0 Å². The van der Waals surface area contributed by atoms with E-state index in [1.54, 1.807) is 12.4 Å². The molecular formula is C17H22N4OS. The summed E-state index contributed by atoms with van der Waals surface area (Å²) in [4.78, 5) is 21.6. The predicted molar refractivity (Wildman–Crippen MR) is 92.8 cm³/mol. The van der Waals surface area contributed by atoms with Crippen LogP contribution in [0.4, 0.5) is 5.13 Å². The number of aromatic nitrogens is 2. The molecule has 0 bridgehead atoms. The first-order chi connectivity index (χ1) is 11.2. The van der Waals surface area contributed by atoms with Gasteiger partial charge in [-0.05, 0) is 31.4 Å². The van der Waals surface area contributed by atoms with Gasteiger partial charge in [-0.3, -0.25) is 9.78 Å². The average molecular weight is 330 g/mol. The Labute approximate surface area is 140 Å². The maximum absolute atomic E-state index is 12.4. The van der Waals surface area contributed by atoms with Crippen LogP contribution in [0.25, 0.3) is 0 Å². The van der Waals surface area contributed by atoms with Gasteiger partial charge in [0.05, 0.1) is 5.69 Å². The molecule has 1 saturated carbocycles. The van der Waals surface area contributed by atoms with Gasteiger partial charge in [0.2, 0.25) is 0 Å². The first-order valence-corrected chi connectivity index (χ1v) is 8.95. The Hall–Kier alpha value is -1.95. The zero-order chi connectivity index (χ0) is 16.1. The highest BCUT2D eigenvalue weighted by Crippen LogP contribution is 2.26. The molecule has 1 fully saturated rings. The van der Waals surface area contributed by atoms with E-state index >= 15 is 0 Å². The molecule has 0 aromatic carbocycles.